The summed E-state index contributed by atoms with van der Waals surface area (Å²) in [5.41, 5.74) is 1.67. The van der Waals surface area contributed by atoms with Crippen LogP contribution < -0.4 is 4.72 Å². The minimum Gasteiger partial charge on any atom is -0.477 e. The van der Waals surface area contributed by atoms with Crippen LogP contribution in [0.3, 0.4) is 0 Å². The van der Waals surface area contributed by atoms with Gasteiger partial charge in [-0.05, 0) is 44.1 Å². The van der Waals surface area contributed by atoms with Gasteiger partial charge in [-0.3, -0.25) is 0 Å². The van der Waals surface area contributed by atoms with Crippen LogP contribution in [-0.2, 0) is 16.6 Å². The van der Waals surface area contributed by atoms with Crippen molar-refractivity contribution in [3.63, 3.8) is 0 Å². The van der Waals surface area contributed by atoms with Gasteiger partial charge in [0.25, 0.3) is 0 Å². The highest BCUT2D eigenvalue weighted by atomic mass is 32.2. The van der Waals surface area contributed by atoms with E-state index in [9.17, 15) is 13.2 Å². The molecule has 8 heteroatoms. The average molecular weight is 383 g/mol. The number of carboxylic acids is 1. The number of hydrogen-bond donors (Lipinski definition) is 2. The van der Waals surface area contributed by atoms with Crippen LogP contribution in [0.2, 0.25) is 0 Å². The van der Waals surface area contributed by atoms with E-state index < -0.39 is 16.0 Å². The monoisotopic (exact) mass is 382 g/mol. The average Bonchev–Trinajstić information content (AvgIpc) is 2.96. The number of rotatable bonds is 9. The molecule has 2 rings (SSSR count). The van der Waals surface area contributed by atoms with Crippen LogP contribution in [0.1, 0.15) is 27.2 Å². The highest BCUT2D eigenvalue weighted by Gasteiger charge is 2.21. The van der Waals surface area contributed by atoms with Crippen molar-refractivity contribution in [3.8, 4) is 0 Å². The Bertz CT molecular complexity index is 816. The van der Waals surface area contributed by atoms with Crippen LogP contribution in [0.5, 0.6) is 0 Å². The third-order valence-electron chi connectivity index (χ3n) is 3.66. The Balaban J connectivity index is 1.82. The van der Waals surface area contributed by atoms with Gasteiger partial charge >= 0.3 is 5.97 Å². The Morgan fingerprint density at radius 3 is 2.56 bits per heavy atom. The molecule has 0 fully saturated rings. The van der Waals surface area contributed by atoms with E-state index in [1.165, 1.54) is 11.6 Å². The number of carbonyl (C=O) groups is 1. The lowest BCUT2D eigenvalue weighted by Crippen LogP contribution is -2.27. The molecular formula is C17H22N2O4S2. The zero-order valence-corrected chi connectivity index (χ0v) is 15.9. The van der Waals surface area contributed by atoms with Gasteiger partial charge in [0.2, 0.25) is 10.0 Å². The quantitative estimate of drug-likeness (QED) is 0.651. The molecule has 25 heavy (non-hydrogen) atoms. The molecule has 6 nitrogen and oxygen atoms in total. The van der Waals surface area contributed by atoms with E-state index >= 15 is 0 Å². The van der Waals surface area contributed by atoms with E-state index in [4.69, 9.17) is 5.11 Å². The van der Waals surface area contributed by atoms with Crippen LogP contribution >= 0.6 is 11.3 Å². The highest BCUT2D eigenvalue weighted by molar-refractivity contribution is 7.91. The molecule has 0 aliphatic heterocycles. The topological polar surface area (TPSA) is 86.7 Å². The van der Waals surface area contributed by atoms with Crippen LogP contribution in [0.4, 0.5) is 0 Å². The number of thiophene rings is 1. The zero-order chi connectivity index (χ0) is 18.4. The number of aromatic carboxylic acids is 1. The molecule has 0 radical (unpaired) electrons. The first kappa shape index (κ1) is 19.6. The number of sulfonamides is 1. The molecule has 0 aliphatic carbocycles. The molecule has 0 amide bonds. The Kier molecular flexibility index (Phi) is 6.71. The molecule has 0 spiro atoms. The van der Waals surface area contributed by atoms with Crippen molar-refractivity contribution in [1.82, 2.24) is 9.62 Å². The van der Waals surface area contributed by atoms with Gasteiger partial charge in [0.1, 0.15) is 9.09 Å². The summed E-state index contributed by atoms with van der Waals surface area (Å²) in [4.78, 5) is 13.2. The summed E-state index contributed by atoms with van der Waals surface area (Å²) in [5, 5.41) is 9.03. The van der Waals surface area contributed by atoms with Crippen molar-refractivity contribution >= 4 is 27.3 Å². The molecule has 1 heterocycles. The van der Waals surface area contributed by atoms with E-state index in [1.54, 1.807) is 6.92 Å². The largest absolute Gasteiger partial charge is 0.477 e. The van der Waals surface area contributed by atoms with Crippen molar-refractivity contribution in [2.75, 3.05) is 20.1 Å². The predicted molar refractivity (Wildman–Crippen MR) is 98.6 cm³/mol. The van der Waals surface area contributed by atoms with Gasteiger partial charge < -0.3 is 10.0 Å². The molecule has 2 aromatic rings. The molecule has 136 valence electrons. The first-order valence-corrected chi connectivity index (χ1v) is 10.2. The maximum absolute atomic E-state index is 12.2. The Hall–Kier alpha value is -1.74. The van der Waals surface area contributed by atoms with E-state index in [0.29, 0.717) is 18.5 Å². The second kappa shape index (κ2) is 8.57. The number of benzene rings is 1. The predicted octanol–water partition coefficient (Wildman–Crippen LogP) is 2.56. The number of carboxylic acid groups (broad SMARTS) is 1. The van der Waals surface area contributed by atoms with Crippen molar-refractivity contribution in [3.05, 3.63) is 52.4 Å². The fourth-order valence-corrected chi connectivity index (χ4v) is 4.90. The van der Waals surface area contributed by atoms with E-state index in [2.05, 4.69) is 21.8 Å². The minimum atomic E-state index is -3.67. The number of nitrogens with one attached hydrogen (secondary N) is 1. The van der Waals surface area contributed by atoms with Gasteiger partial charge in [0, 0.05) is 13.1 Å². The van der Waals surface area contributed by atoms with Crippen LogP contribution in [0.25, 0.3) is 0 Å². The SMILES string of the molecule is Cc1cc(S(=O)(=O)NCCCN(C)Cc2ccccc2)sc1C(=O)O. The maximum Gasteiger partial charge on any atom is 0.346 e. The lowest BCUT2D eigenvalue weighted by Gasteiger charge is -2.16. The number of aryl methyl sites for hydroxylation is 1. The summed E-state index contributed by atoms with van der Waals surface area (Å²) in [6.45, 7) is 3.46. The van der Waals surface area contributed by atoms with Gasteiger partial charge in [0.15, 0.2) is 0 Å². The fourth-order valence-electron chi connectivity index (χ4n) is 2.40. The Labute approximate surface area is 152 Å². The summed E-state index contributed by atoms with van der Waals surface area (Å²) in [7, 11) is -1.68. The Morgan fingerprint density at radius 1 is 1.28 bits per heavy atom. The smallest absolute Gasteiger partial charge is 0.346 e. The fraction of sp³-hybridized carbons (Fsp3) is 0.353. The molecule has 0 aliphatic rings. The standard InChI is InChI=1S/C17H22N2O4S2/c1-13-11-15(24-16(13)17(20)21)25(22,23)18-9-6-10-19(2)12-14-7-4-3-5-8-14/h3-5,7-8,11,18H,6,9-10,12H2,1-2H3,(H,20,21). The van der Waals surface area contributed by atoms with E-state index in [0.717, 1.165) is 24.4 Å². The second-order valence-corrected chi connectivity index (χ2v) is 8.90. The van der Waals surface area contributed by atoms with Crippen LogP contribution in [-0.4, -0.2) is 44.5 Å². The summed E-state index contributed by atoms with van der Waals surface area (Å²) in [5.74, 6) is -1.11. The second-order valence-electron chi connectivity index (χ2n) is 5.86. The summed E-state index contributed by atoms with van der Waals surface area (Å²) < 4.78 is 27.1. The minimum absolute atomic E-state index is 0.0417. The molecule has 1 aromatic carbocycles. The van der Waals surface area contributed by atoms with Crippen molar-refractivity contribution < 1.29 is 18.3 Å². The number of hydrogen-bond acceptors (Lipinski definition) is 5. The summed E-state index contributed by atoms with van der Waals surface area (Å²) in [6, 6.07) is 11.5. The molecule has 0 unspecified atom stereocenters. The maximum atomic E-state index is 12.2. The van der Waals surface area contributed by atoms with Crippen molar-refractivity contribution in [2.24, 2.45) is 0 Å². The zero-order valence-electron chi connectivity index (χ0n) is 14.2. The lowest BCUT2D eigenvalue weighted by atomic mass is 10.2. The van der Waals surface area contributed by atoms with E-state index in [-0.39, 0.29) is 9.09 Å². The van der Waals surface area contributed by atoms with Crippen molar-refractivity contribution in [2.45, 2.75) is 24.1 Å². The van der Waals surface area contributed by atoms with Gasteiger partial charge in [-0.1, -0.05) is 30.3 Å². The third kappa shape index (κ3) is 5.64. The normalized spacial score (nSPS) is 11.8. The van der Waals surface area contributed by atoms with Crippen molar-refractivity contribution in [1.29, 1.82) is 0 Å². The molecule has 0 saturated heterocycles. The molecule has 1 aromatic heterocycles. The molecule has 0 atom stereocenters. The third-order valence-corrected chi connectivity index (χ3v) is 6.82. The van der Waals surface area contributed by atoms with Gasteiger partial charge in [-0.15, -0.1) is 11.3 Å². The molecule has 2 N–H and O–H groups in total. The highest BCUT2D eigenvalue weighted by Crippen LogP contribution is 2.25. The molecule has 0 bridgehead atoms. The first-order chi connectivity index (χ1) is 11.8. The molecule has 0 saturated carbocycles. The number of nitrogens with zero attached hydrogens (tertiary/aromatic N) is 1. The van der Waals surface area contributed by atoms with Gasteiger partial charge in [-0.2, -0.15) is 0 Å². The summed E-state index contributed by atoms with van der Waals surface area (Å²) >= 11 is 0.780. The first-order valence-electron chi connectivity index (χ1n) is 7.85. The van der Waals surface area contributed by atoms with E-state index in [1.807, 2.05) is 25.2 Å². The van der Waals surface area contributed by atoms with Crippen LogP contribution in [0, 0.1) is 6.92 Å². The molecular weight excluding hydrogens is 360 g/mol. The Morgan fingerprint density at radius 2 is 1.96 bits per heavy atom. The van der Waals surface area contributed by atoms with Gasteiger partial charge in [-0.25, -0.2) is 17.9 Å². The van der Waals surface area contributed by atoms with Crippen LogP contribution in [0.15, 0.2) is 40.6 Å². The summed E-state index contributed by atoms with van der Waals surface area (Å²) in [6.07, 6.45) is 0.665. The van der Waals surface area contributed by atoms with Gasteiger partial charge in [0.05, 0.1) is 0 Å². The lowest BCUT2D eigenvalue weighted by molar-refractivity contribution is 0.0701.